The van der Waals surface area contributed by atoms with Gasteiger partial charge in [-0.1, -0.05) is 0 Å². The van der Waals surface area contributed by atoms with Crippen LogP contribution in [-0.4, -0.2) is 10.2 Å². The van der Waals surface area contributed by atoms with Crippen LogP contribution in [0.1, 0.15) is 30.0 Å². The lowest BCUT2D eigenvalue weighted by molar-refractivity contribution is 0.957. The van der Waals surface area contributed by atoms with Gasteiger partial charge in [0.15, 0.2) is 0 Å². The highest BCUT2D eigenvalue weighted by Crippen LogP contribution is 2.40. The van der Waals surface area contributed by atoms with E-state index in [4.69, 9.17) is 11.6 Å². The van der Waals surface area contributed by atoms with Gasteiger partial charge < -0.3 is 0 Å². The smallest absolute Gasteiger partial charge is 0.0534 e. The van der Waals surface area contributed by atoms with Crippen LogP contribution >= 0.6 is 11.6 Å². The number of alkyl halides is 1. The molecule has 54 valence electrons. The SMILES string of the molecule is ClCc1cn[nH]c1C1CC1. The maximum atomic E-state index is 5.69. The lowest BCUT2D eigenvalue weighted by Gasteiger charge is -1.93. The second-order valence-electron chi connectivity index (χ2n) is 2.72. The predicted octanol–water partition coefficient (Wildman–Crippen LogP) is 2.03. The van der Waals surface area contributed by atoms with Crippen LogP contribution in [0.5, 0.6) is 0 Å². The summed E-state index contributed by atoms with van der Waals surface area (Å²) in [5.74, 6) is 1.32. The van der Waals surface area contributed by atoms with Crippen LogP contribution < -0.4 is 0 Å². The number of halogens is 1. The van der Waals surface area contributed by atoms with Gasteiger partial charge in [0, 0.05) is 17.2 Å². The molecule has 1 saturated carbocycles. The van der Waals surface area contributed by atoms with Gasteiger partial charge in [0.25, 0.3) is 0 Å². The van der Waals surface area contributed by atoms with Crippen LogP contribution in [0.15, 0.2) is 6.20 Å². The van der Waals surface area contributed by atoms with Crippen molar-refractivity contribution in [2.24, 2.45) is 0 Å². The van der Waals surface area contributed by atoms with E-state index in [1.807, 2.05) is 6.20 Å². The fraction of sp³-hybridized carbons (Fsp3) is 0.571. The van der Waals surface area contributed by atoms with Crippen molar-refractivity contribution >= 4 is 11.6 Å². The molecule has 3 heteroatoms. The lowest BCUT2D eigenvalue weighted by atomic mass is 10.2. The third kappa shape index (κ3) is 0.926. The molecule has 1 fully saturated rings. The summed E-state index contributed by atoms with van der Waals surface area (Å²) in [7, 11) is 0. The lowest BCUT2D eigenvalue weighted by Crippen LogP contribution is -1.84. The normalized spacial score (nSPS) is 17.7. The zero-order valence-corrected chi connectivity index (χ0v) is 6.36. The third-order valence-electron chi connectivity index (χ3n) is 1.88. The van der Waals surface area contributed by atoms with Gasteiger partial charge in [0.1, 0.15) is 0 Å². The zero-order valence-electron chi connectivity index (χ0n) is 5.60. The van der Waals surface area contributed by atoms with E-state index < -0.39 is 0 Å². The van der Waals surface area contributed by atoms with E-state index in [9.17, 15) is 0 Å². The molecule has 0 atom stereocenters. The molecule has 1 aliphatic rings. The van der Waals surface area contributed by atoms with Crippen LogP contribution in [0, 0.1) is 0 Å². The first-order chi connectivity index (χ1) is 4.92. The molecular weight excluding hydrogens is 148 g/mol. The molecule has 0 bridgehead atoms. The molecule has 0 radical (unpaired) electrons. The molecule has 0 saturated heterocycles. The van der Waals surface area contributed by atoms with E-state index in [0.29, 0.717) is 5.88 Å². The molecule has 0 spiro atoms. The van der Waals surface area contributed by atoms with Crippen LogP contribution in [0.2, 0.25) is 0 Å². The molecule has 2 nitrogen and oxygen atoms in total. The number of aromatic amines is 1. The van der Waals surface area contributed by atoms with Crippen molar-refractivity contribution in [3.8, 4) is 0 Å². The minimum absolute atomic E-state index is 0.586. The third-order valence-corrected chi connectivity index (χ3v) is 2.17. The van der Waals surface area contributed by atoms with E-state index in [-0.39, 0.29) is 0 Å². The summed E-state index contributed by atoms with van der Waals surface area (Å²) in [6.45, 7) is 0. The van der Waals surface area contributed by atoms with Gasteiger partial charge in [-0.05, 0) is 12.8 Å². The fourth-order valence-corrected chi connectivity index (χ4v) is 1.37. The molecule has 10 heavy (non-hydrogen) atoms. The van der Waals surface area contributed by atoms with Gasteiger partial charge in [-0.25, -0.2) is 0 Å². The van der Waals surface area contributed by atoms with Gasteiger partial charge in [-0.3, -0.25) is 5.10 Å². The highest BCUT2D eigenvalue weighted by Gasteiger charge is 2.27. The average Bonchev–Trinajstić information content (AvgIpc) is 2.69. The van der Waals surface area contributed by atoms with Crippen LogP contribution in [-0.2, 0) is 5.88 Å². The Labute approximate surface area is 64.6 Å². The summed E-state index contributed by atoms with van der Waals surface area (Å²) in [6, 6.07) is 0. The van der Waals surface area contributed by atoms with E-state index in [1.54, 1.807) is 0 Å². The Morgan fingerprint density at radius 2 is 2.50 bits per heavy atom. The summed E-state index contributed by atoms with van der Waals surface area (Å²) < 4.78 is 0. The van der Waals surface area contributed by atoms with Crippen LogP contribution in [0.25, 0.3) is 0 Å². The highest BCUT2D eigenvalue weighted by atomic mass is 35.5. The Kier molecular flexibility index (Phi) is 1.42. The topological polar surface area (TPSA) is 28.7 Å². The van der Waals surface area contributed by atoms with Crippen molar-refractivity contribution in [1.82, 2.24) is 10.2 Å². The molecule has 1 aliphatic carbocycles. The Morgan fingerprint density at radius 1 is 1.70 bits per heavy atom. The number of rotatable bonds is 2. The van der Waals surface area contributed by atoms with Crippen molar-refractivity contribution in [3.05, 3.63) is 17.5 Å². The van der Waals surface area contributed by atoms with Crippen molar-refractivity contribution in [2.75, 3.05) is 0 Å². The fourth-order valence-electron chi connectivity index (χ4n) is 1.15. The van der Waals surface area contributed by atoms with E-state index >= 15 is 0 Å². The molecule has 0 aromatic carbocycles. The number of nitrogens with zero attached hydrogens (tertiary/aromatic N) is 1. The van der Waals surface area contributed by atoms with Crippen molar-refractivity contribution in [2.45, 2.75) is 24.6 Å². The number of hydrogen-bond acceptors (Lipinski definition) is 1. The summed E-state index contributed by atoms with van der Waals surface area (Å²) >= 11 is 5.69. The summed E-state index contributed by atoms with van der Waals surface area (Å²) in [5.41, 5.74) is 2.43. The molecule has 0 aliphatic heterocycles. The molecular formula is C7H9ClN2. The van der Waals surface area contributed by atoms with Crippen LogP contribution in [0.4, 0.5) is 0 Å². The standard InChI is InChI=1S/C7H9ClN2/c8-3-6-4-9-10-7(6)5-1-2-5/h4-5H,1-3H2,(H,9,10). The molecule has 0 unspecified atom stereocenters. The molecule has 0 amide bonds. The molecule has 1 heterocycles. The maximum Gasteiger partial charge on any atom is 0.0534 e. The molecule has 1 N–H and O–H groups in total. The van der Waals surface area contributed by atoms with Gasteiger partial charge >= 0.3 is 0 Å². The van der Waals surface area contributed by atoms with Gasteiger partial charge in [-0.15, -0.1) is 11.6 Å². The van der Waals surface area contributed by atoms with Crippen LogP contribution in [0.3, 0.4) is 0 Å². The van der Waals surface area contributed by atoms with Gasteiger partial charge in [-0.2, -0.15) is 5.10 Å². The molecule has 1 aromatic rings. The van der Waals surface area contributed by atoms with Gasteiger partial charge in [0.2, 0.25) is 0 Å². The highest BCUT2D eigenvalue weighted by molar-refractivity contribution is 6.17. The Balaban J connectivity index is 2.28. The molecule has 2 rings (SSSR count). The predicted molar refractivity (Wildman–Crippen MR) is 40.1 cm³/mol. The Hall–Kier alpha value is -0.500. The van der Waals surface area contributed by atoms with E-state index in [1.165, 1.54) is 24.1 Å². The monoisotopic (exact) mass is 156 g/mol. The first-order valence-corrected chi connectivity index (χ1v) is 4.03. The minimum atomic E-state index is 0.586. The largest absolute Gasteiger partial charge is 0.282 e. The number of H-pyrrole nitrogens is 1. The Bertz CT molecular complexity index is 227. The van der Waals surface area contributed by atoms with Gasteiger partial charge in [0.05, 0.1) is 12.1 Å². The average molecular weight is 157 g/mol. The Morgan fingerprint density at radius 3 is 3.10 bits per heavy atom. The summed E-state index contributed by atoms with van der Waals surface area (Å²) in [5, 5.41) is 6.93. The number of hydrogen-bond donors (Lipinski definition) is 1. The second kappa shape index (κ2) is 2.27. The van der Waals surface area contributed by atoms with E-state index in [2.05, 4.69) is 10.2 Å². The quantitative estimate of drug-likeness (QED) is 0.653. The van der Waals surface area contributed by atoms with Crippen molar-refractivity contribution in [1.29, 1.82) is 0 Å². The maximum absolute atomic E-state index is 5.69. The minimum Gasteiger partial charge on any atom is -0.282 e. The molecule has 1 aromatic heterocycles. The van der Waals surface area contributed by atoms with E-state index in [0.717, 1.165) is 5.92 Å². The van der Waals surface area contributed by atoms with Crippen molar-refractivity contribution in [3.63, 3.8) is 0 Å². The number of nitrogens with one attached hydrogen (secondary N) is 1. The van der Waals surface area contributed by atoms with Crippen molar-refractivity contribution < 1.29 is 0 Å². The first kappa shape index (κ1) is 6.23. The first-order valence-electron chi connectivity index (χ1n) is 3.50. The second-order valence-corrected chi connectivity index (χ2v) is 2.98. The summed E-state index contributed by atoms with van der Waals surface area (Å²) in [4.78, 5) is 0. The number of aromatic nitrogens is 2. The summed E-state index contributed by atoms with van der Waals surface area (Å²) in [6.07, 6.45) is 4.42. The zero-order chi connectivity index (χ0) is 6.97.